The van der Waals surface area contributed by atoms with Crippen molar-refractivity contribution in [2.75, 3.05) is 0 Å². The standard InChI is InChI=1S/C17H15ClN2OS2/c18-11-6-2-4-8-13(11)22-9-14-19-16(21)15-10-5-1-3-7-12(10)23-17(15)20-14/h2,4,6,8H,1,3,5,7,9H2,(H,19,20,21). The van der Waals surface area contributed by atoms with E-state index < -0.39 is 0 Å². The summed E-state index contributed by atoms with van der Waals surface area (Å²) in [5, 5.41) is 1.55. The van der Waals surface area contributed by atoms with Crippen molar-refractivity contribution in [2.24, 2.45) is 0 Å². The van der Waals surface area contributed by atoms with E-state index in [4.69, 9.17) is 11.6 Å². The van der Waals surface area contributed by atoms with E-state index in [-0.39, 0.29) is 5.56 Å². The number of aromatic amines is 1. The molecule has 0 saturated heterocycles. The van der Waals surface area contributed by atoms with Gasteiger partial charge in [0.15, 0.2) is 0 Å². The van der Waals surface area contributed by atoms with Crippen LogP contribution in [-0.2, 0) is 18.6 Å². The lowest BCUT2D eigenvalue weighted by molar-refractivity contribution is 0.700. The van der Waals surface area contributed by atoms with Crippen LogP contribution in [0.2, 0.25) is 5.02 Å². The highest BCUT2D eigenvalue weighted by Gasteiger charge is 2.19. The fourth-order valence-electron chi connectivity index (χ4n) is 2.98. The zero-order valence-electron chi connectivity index (χ0n) is 12.4. The van der Waals surface area contributed by atoms with Gasteiger partial charge in [0.2, 0.25) is 0 Å². The van der Waals surface area contributed by atoms with E-state index in [2.05, 4.69) is 9.97 Å². The Labute approximate surface area is 147 Å². The summed E-state index contributed by atoms with van der Waals surface area (Å²) in [6.07, 6.45) is 4.47. The van der Waals surface area contributed by atoms with Crippen LogP contribution in [-0.4, -0.2) is 9.97 Å². The minimum absolute atomic E-state index is 0.00385. The van der Waals surface area contributed by atoms with E-state index in [1.165, 1.54) is 23.3 Å². The molecule has 0 saturated carbocycles. The molecule has 0 atom stereocenters. The maximum atomic E-state index is 12.5. The number of H-pyrrole nitrogens is 1. The molecule has 6 heteroatoms. The molecule has 118 valence electrons. The summed E-state index contributed by atoms with van der Waals surface area (Å²) >= 11 is 9.45. The van der Waals surface area contributed by atoms with Crippen LogP contribution in [0.1, 0.15) is 29.1 Å². The SMILES string of the molecule is O=c1[nH]c(CSc2ccccc2Cl)nc2sc3c(c12)CCCC3. The fourth-order valence-corrected chi connectivity index (χ4v) is 5.37. The number of nitrogens with one attached hydrogen (secondary N) is 1. The zero-order valence-corrected chi connectivity index (χ0v) is 14.8. The van der Waals surface area contributed by atoms with Crippen LogP contribution in [0.4, 0.5) is 0 Å². The highest BCUT2D eigenvalue weighted by Crippen LogP contribution is 2.34. The van der Waals surface area contributed by atoms with Gasteiger partial charge in [-0.05, 0) is 43.4 Å². The molecule has 0 radical (unpaired) electrons. The quantitative estimate of drug-likeness (QED) is 0.680. The summed E-state index contributed by atoms with van der Waals surface area (Å²) in [6.45, 7) is 0. The number of thioether (sulfide) groups is 1. The minimum atomic E-state index is 0.00385. The van der Waals surface area contributed by atoms with Gasteiger partial charge in [0.05, 0.1) is 16.2 Å². The number of aryl methyl sites for hydroxylation is 2. The van der Waals surface area contributed by atoms with Crippen LogP contribution < -0.4 is 5.56 Å². The van der Waals surface area contributed by atoms with Gasteiger partial charge in [-0.3, -0.25) is 4.79 Å². The third-order valence-corrected chi connectivity index (χ3v) is 6.79. The van der Waals surface area contributed by atoms with E-state index in [1.807, 2.05) is 24.3 Å². The van der Waals surface area contributed by atoms with Crippen LogP contribution in [0.3, 0.4) is 0 Å². The summed E-state index contributed by atoms with van der Waals surface area (Å²) in [7, 11) is 0. The molecule has 0 aliphatic heterocycles. The normalized spacial score (nSPS) is 14.1. The molecule has 4 rings (SSSR count). The lowest BCUT2D eigenvalue weighted by atomic mass is 9.97. The first-order valence-electron chi connectivity index (χ1n) is 7.63. The Kier molecular flexibility index (Phi) is 4.18. The second-order valence-corrected chi connectivity index (χ2v) is 8.13. The predicted octanol–water partition coefficient (Wildman–Crippen LogP) is 4.81. The second-order valence-electron chi connectivity index (χ2n) is 5.62. The first kappa shape index (κ1) is 15.2. The lowest BCUT2D eigenvalue weighted by Crippen LogP contribution is -2.12. The van der Waals surface area contributed by atoms with Crippen molar-refractivity contribution in [1.29, 1.82) is 0 Å². The number of hydrogen-bond acceptors (Lipinski definition) is 4. The maximum absolute atomic E-state index is 12.5. The van der Waals surface area contributed by atoms with Gasteiger partial charge in [-0.1, -0.05) is 23.7 Å². The van der Waals surface area contributed by atoms with Crippen molar-refractivity contribution >= 4 is 44.9 Å². The van der Waals surface area contributed by atoms with E-state index >= 15 is 0 Å². The molecule has 1 aromatic carbocycles. The fraction of sp³-hybridized carbons (Fsp3) is 0.294. The molecule has 2 aromatic heterocycles. The summed E-state index contributed by atoms with van der Waals surface area (Å²) < 4.78 is 0. The third kappa shape index (κ3) is 2.93. The number of thiophene rings is 1. The first-order valence-corrected chi connectivity index (χ1v) is 9.81. The molecule has 0 amide bonds. The van der Waals surface area contributed by atoms with Gasteiger partial charge in [0, 0.05) is 9.77 Å². The number of halogens is 1. The molecular formula is C17H15ClN2OS2. The van der Waals surface area contributed by atoms with Crippen molar-refractivity contribution in [3.8, 4) is 0 Å². The van der Waals surface area contributed by atoms with Crippen LogP contribution in [0.5, 0.6) is 0 Å². The molecule has 1 N–H and O–H groups in total. The molecule has 23 heavy (non-hydrogen) atoms. The predicted molar refractivity (Wildman–Crippen MR) is 97.9 cm³/mol. The Morgan fingerprint density at radius 2 is 2.09 bits per heavy atom. The smallest absolute Gasteiger partial charge is 0.259 e. The summed E-state index contributed by atoms with van der Waals surface area (Å²) in [5.74, 6) is 1.32. The molecule has 2 heterocycles. The average molecular weight is 363 g/mol. The monoisotopic (exact) mass is 362 g/mol. The van der Waals surface area contributed by atoms with E-state index in [0.29, 0.717) is 11.6 Å². The number of aromatic nitrogens is 2. The van der Waals surface area contributed by atoms with Crippen LogP contribution in [0, 0.1) is 0 Å². The molecule has 0 bridgehead atoms. The van der Waals surface area contributed by atoms with Crippen molar-refractivity contribution in [1.82, 2.24) is 9.97 Å². The van der Waals surface area contributed by atoms with Gasteiger partial charge in [0.25, 0.3) is 5.56 Å². The largest absolute Gasteiger partial charge is 0.309 e. The van der Waals surface area contributed by atoms with Crippen molar-refractivity contribution in [3.63, 3.8) is 0 Å². The Hall–Kier alpha value is -1.30. The number of hydrogen-bond donors (Lipinski definition) is 1. The second kappa shape index (κ2) is 6.30. The highest BCUT2D eigenvalue weighted by atomic mass is 35.5. The molecule has 0 fully saturated rings. The minimum Gasteiger partial charge on any atom is -0.309 e. The summed E-state index contributed by atoms with van der Waals surface area (Å²) in [6, 6.07) is 7.72. The number of rotatable bonds is 3. The zero-order chi connectivity index (χ0) is 15.8. The van der Waals surface area contributed by atoms with Crippen molar-refractivity contribution in [3.05, 3.63) is 55.9 Å². The average Bonchev–Trinajstić information content (AvgIpc) is 2.93. The van der Waals surface area contributed by atoms with Crippen LogP contribution in [0.25, 0.3) is 10.2 Å². The van der Waals surface area contributed by atoms with Crippen molar-refractivity contribution in [2.45, 2.75) is 36.3 Å². The van der Waals surface area contributed by atoms with E-state index in [9.17, 15) is 4.79 Å². The molecule has 3 nitrogen and oxygen atoms in total. The highest BCUT2D eigenvalue weighted by molar-refractivity contribution is 7.98. The molecule has 3 aromatic rings. The van der Waals surface area contributed by atoms with Crippen LogP contribution in [0.15, 0.2) is 34.0 Å². The number of fused-ring (bicyclic) bond motifs is 3. The molecule has 0 unspecified atom stereocenters. The van der Waals surface area contributed by atoms with Gasteiger partial charge in [-0.15, -0.1) is 23.1 Å². The third-order valence-electron chi connectivity index (χ3n) is 4.08. The van der Waals surface area contributed by atoms with Gasteiger partial charge in [0.1, 0.15) is 10.7 Å². The van der Waals surface area contributed by atoms with E-state index in [1.54, 1.807) is 23.1 Å². The van der Waals surface area contributed by atoms with Gasteiger partial charge < -0.3 is 4.98 Å². The Bertz CT molecular complexity index is 932. The van der Waals surface area contributed by atoms with E-state index in [0.717, 1.165) is 33.0 Å². The number of benzene rings is 1. The summed E-state index contributed by atoms with van der Waals surface area (Å²) in [4.78, 5) is 23.4. The maximum Gasteiger partial charge on any atom is 0.259 e. The Morgan fingerprint density at radius 1 is 1.26 bits per heavy atom. The van der Waals surface area contributed by atoms with Crippen LogP contribution >= 0.6 is 34.7 Å². The van der Waals surface area contributed by atoms with Gasteiger partial charge in [-0.25, -0.2) is 4.98 Å². The number of nitrogens with zero attached hydrogens (tertiary/aromatic N) is 1. The summed E-state index contributed by atoms with van der Waals surface area (Å²) in [5.41, 5.74) is 1.24. The van der Waals surface area contributed by atoms with Gasteiger partial charge >= 0.3 is 0 Å². The molecule has 0 spiro atoms. The lowest BCUT2D eigenvalue weighted by Gasteiger charge is -2.09. The Balaban J connectivity index is 1.66. The molecular weight excluding hydrogens is 348 g/mol. The molecule has 1 aliphatic rings. The van der Waals surface area contributed by atoms with Crippen molar-refractivity contribution < 1.29 is 0 Å². The van der Waals surface area contributed by atoms with Gasteiger partial charge in [-0.2, -0.15) is 0 Å². The first-order chi connectivity index (χ1) is 11.2. The topological polar surface area (TPSA) is 45.8 Å². The Morgan fingerprint density at radius 3 is 2.96 bits per heavy atom. The molecule has 1 aliphatic carbocycles.